The van der Waals surface area contributed by atoms with Crippen LogP contribution in [0.3, 0.4) is 0 Å². The SMILES string of the molecule is CCC(C)(C)C(=O)OCCOC(=O)c1ccc([N+](=O)[O-])c([N+](=O)[O-])c1. The average molecular weight is 354 g/mol. The molecule has 0 unspecified atom stereocenters. The van der Waals surface area contributed by atoms with Gasteiger partial charge in [-0.25, -0.2) is 4.79 Å². The Hall–Kier alpha value is -3.04. The van der Waals surface area contributed by atoms with Crippen LogP contribution >= 0.6 is 0 Å². The van der Waals surface area contributed by atoms with Gasteiger partial charge in [-0.05, 0) is 26.3 Å². The summed E-state index contributed by atoms with van der Waals surface area (Å²) in [5.41, 5.74) is -2.39. The second-order valence-electron chi connectivity index (χ2n) is 5.73. The second-order valence-corrected chi connectivity index (χ2v) is 5.73. The number of benzene rings is 1. The van der Waals surface area contributed by atoms with E-state index in [1.54, 1.807) is 13.8 Å². The fourth-order valence-electron chi connectivity index (χ4n) is 1.64. The second kappa shape index (κ2) is 8.18. The molecule has 0 radical (unpaired) electrons. The Kier molecular flexibility index (Phi) is 6.54. The first-order valence-corrected chi connectivity index (χ1v) is 7.37. The van der Waals surface area contributed by atoms with Crippen molar-refractivity contribution < 1.29 is 28.9 Å². The Labute approximate surface area is 143 Å². The molecule has 0 saturated carbocycles. The normalized spacial score (nSPS) is 10.8. The van der Waals surface area contributed by atoms with E-state index in [0.717, 1.165) is 18.2 Å². The molecule has 0 amide bonds. The first-order chi connectivity index (χ1) is 11.6. The summed E-state index contributed by atoms with van der Waals surface area (Å²) in [5, 5.41) is 21.6. The third-order valence-corrected chi connectivity index (χ3v) is 3.59. The summed E-state index contributed by atoms with van der Waals surface area (Å²) in [6.45, 7) is 4.87. The van der Waals surface area contributed by atoms with Crippen LogP contribution in [0.1, 0.15) is 37.6 Å². The number of rotatable bonds is 8. The summed E-state index contributed by atoms with van der Waals surface area (Å²) in [6, 6.07) is 2.69. The lowest BCUT2D eigenvalue weighted by atomic mass is 9.91. The van der Waals surface area contributed by atoms with E-state index < -0.39 is 38.6 Å². The zero-order valence-corrected chi connectivity index (χ0v) is 14.0. The molecule has 0 aliphatic rings. The van der Waals surface area contributed by atoms with Crippen molar-refractivity contribution >= 4 is 23.3 Å². The van der Waals surface area contributed by atoms with E-state index >= 15 is 0 Å². The van der Waals surface area contributed by atoms with Gasteiger partial charge in [0.2, 0.25) is 0 Å². The third kappa shape index (κ3) is 5.23. The number of carbonyl (C=O) groups excluding carboxylic acids is 2. The highest BCUT2D eigenvalue weighted by Gasteiger charge is 2.28. The van der Waals surface area contributed by atoms with Crippen LogP contribution in [-0.4, -0.2) is 35.0 Å². The molecule has 10 heteroatoms. The largest absolute Gasteiger partial charge is 0.462 e. The standard InChI is InChI=1S/C15H18N2O8/c1-4-15(2,3)14(19)25-8-7-24-13(18)10-5-6-11(16(20)21)12(9-10)17(22)23/h5-6,9H,4,7-8H2,1-3H3. The van der Waals surface area contributed by atoms with Crippen LogP contribution < -0.4 is 0 Å². The Bertz CT molecular complexity index is 699. The van der Waals surface area contributed by atoms with E-state index in [2.05, 4.69) is 0 Å². The minimum Gasteiger partial charge on any atom is -0.462 e. The number of nitrogens with zero attached hydrogens (tertiary/aromatic N) is 2. The van der Waals surface area contributed by atoms with Crippen molar-refractivity contribution in [1.29, 1.82) is 0 Å². The van der Waals surface area contributed by atoms with Gasteiger partial charge in [-0.15, -0.1) is 0 Å². The van der Waals surface area contributed by atoms with Gasteiger partial charge in [-0.3, -0.25) is 25.0 Å². The molecule has 1 rings (SSSR count). The number of hydrogen-bond donors (Lipinski definition) is 0. The number of ether oxygens (including phenoxy) is 2. The van der Waals surface area contributed by atoms with E-state index in [9.17, 15) is 29.8 Å². The van der Waals surface area contributed by atoms with E-state index in [-0.39, 0.29) is 18.8 Å². The molecule has 0 atom stereocenters. The molecule has 0 N–H and O–H groups in total. The summed E-state index contributed by atoms with van der Waals surface area (Å²) >= 11 is 0. The molecular weight excluding hydrogens is 336 g/mol. The van der Waals surface area contributed by atoms with Crippen LogP contribution in [0.4, 0.5) is 11.4 Å². The predicted octanol–water partition coefficient (Wildman–Crippen LogP) is 2.64. The lowest BCUT2D eigenvalue weighted by Crippen LogP contribution is -2.27. The monoisotopic (exact) mass is 354 g/mol. The highest BCUT2D eigenvalue weighted by Crippen LogP contribution is 2.27. The minimum atomic E-state index is -0.955. The molecule has 1 aromatic carbocycles. The fourth-order valence-corrected chi connectivity index (χ4v) is 1.64. The summed E-state index contributed by atoms with van der Waals surface area (Å²) in [7, 11) is 0. The van der Waals surface area contributed by atoms with Crippen molar-refractivity contribution in [1.82, 2.24) is 0 Å². The van der Waals surface area contributed by atoms with Crippen LogP contribution in [0, 0.1) is 25.6 Å². The number of hydrogen-bond acceptors (Lipinski definition) is 8. The molecular formula is C15H18N2O8. The van der Waals surface area contributed by atoms with Gasteiger partial charge < -0.3 is 9.47 Å². The molecule has 0 saturated heterocycles. The van der Waals surface area contributed by atoms with Crippen LogP contribution in [0.25, 0.3) is 0 Å². The van der Waals surface area contributed by atoms with E-state index in [4.69, 9.17) is 9.47 Å². The zero-order chi connectivity index (χ0) is 19.2. The first-order valence-electron chi connectivity index (χ1n) is 7.37. The van der Waals surface area contributed by atoms with Crippen LogP contribution in [0.2, 0.25) is 0 Å². The Morgan fingerprint density at radius 2 is 1.60 bits per heavy atom. The maximum Gasteiger partial charge on any atom is 0.346 e. The summed E-state index contributed by atoms with van der Waals surface area (Å²) in [5.74, 6) is -1.35. The number of carbonyl (C=O) groups is 2. The predicted molar refractivity (Wildman–Crippen MR) is 85.1 cm³/mol. The maximum absolute atomic E-state index is 11.8. The van der Waals surface area contributed by atoms with Gasteiger partial charge in [0.05, 0.1) is 20.8 Å². The molecule has 0 heterocycles. The van der Waals surface area contributed by atoms with Crippen molar-refractivity contribution in [2.75, 3.05) is 13.2 Å². The number of nitro benzene ring substituents is 2. The van der Waals surface area contributed by atoms with Gasteiger partial charge in [0.25, 0.3) is 0 Å². The summed E-state index contributed by atoms with van der Waals surface area (Å²) in [4.78, 5) is 43.3. The van der Waals surface area contributed by atoms with Crippen molar-refractivity contribution in [3.63, 3.8) is 0 Å². The smallest absolute Gasteiger partial charge is 0.346 e. The summed E-state index contributed by atoms with van der Waals surface area (Å²) < 4.78 is 9.83. The molecule has 1 aromatic rings. The van der Waals surface area contributed by atoms with Gasteiger partial charge in [0.15, 0.2) is 0 Å². The molecule has 0 spiro atoms. The van der Waals surface area contributed by atoms with E-state index in [1.807, 2.05) is 6.92 Å². The zero-order valence-electron chi connectivity index (χ0n) is 14.0. The summed E-state index contributed by atoms with van der Waals surface area (Å²) in [6.07, 6.45) is 0.581. The molecule has 25 heavy (non-hydrogen) atoms. The number of nitro groups is 2. The van der Waals surface area contributed by atoms with Gasteiger partial charge >= 0.3 is 23.3 Å². The maximum atomic E-state index is 11.8. The van der Waals surface area contributed by atoms with Crippen molar-refractivity contribution in [2.24, 2.45) is 5.41 Å². The van der Waals surface area contributed by atoms with Crippen molar-refractivity contribution in [3.8, 4) is 0 Å². The Morgan fingerprint density at radius 1 is 1.04 bits per heavy atom. The highest BCUT2D eigenvalue weighted by molar-refractivity contribution is 5.91. The molecule has 0 aliphatic carbocycles. The van der Waals surface area contributed by atoms with Crippen molar-refractivity contribution in [2.45, 2.75) is 27.2 Å². The molecule has 0 aliphatic heterocycles. The van der Waals surface area contributed by atoms with Gasteiger partial charge in [0, 0.05) is 12.1 Å². The Morgan fingerprint density at radius 3 is 2.12 bits per heavy atom. The fraction of sp³-hybridized carbons (Fsp3) is 0.467. The average Bonchev–Trinajstić information content (AvgIpc) is 2.57. The molecule has 0 aromatic heterocycles. The molecule has 0 fully saturated rings. The Balaban J connectivity index is 2.67. The van der Waals surface area contributed by atoms with Crippen LogP contribution in [0.5, 0.6) is 0 Å². The van der Waals surface area contributed by atoms with Gasteiger partial charge in [0.1, 0.15) is 13.2 Å². The number of esters is 2. The quantitative estimate of drug-likeness (QED) is 0.300. The van der Waals surface area contributed by atoms with Crippen LogP contribution in [0.15, 0.2) is 18.2 Å². The minimum absolute atomic E-state index is 0.164. The molecule has 0 bridgehead atoms. The third-order valence-electron chi connectivity index (χ3n) is 3.59. The van der Waals surface area contributed by atoms with E-state index in [0.29, 0.717) is 6.42 Å². The van der Waals surface area contributed by atoms with Crippen LogP contribution in [-0.2, 0) is 14.3 Å². The van der Waals surface area contributed by atoms with Crippen molar-refractivity contribution in [3.05, 3.63) is 44.0 Å². The van der Waals surface area contributed by atoms with Gasteiger partial charge in [-0.2, -0.15) is 0 Å². The lowest BCUT2D eigenvalue weighted by molar-refractivity contribution is -0.422. The first kappa shape index (κ1) is 20.0. The topological polar surface area (TPSA) is 139 Å². The van der Waals surface area contributed by atoms with E-state index in [1.165, 1.54) is 0 Å². The van der Waals surface area contributed by atoms with Gasteiger partial charge in [-0.1, -0.05) is 6.92 Å². The lowest BCUT2D eigenvalue weighted by Gasteiger charge is -2.20. The molecule has 10 nitrogen and oxygen atoms in total. The molecule has 136 valence electrons. The highest BCUT2D eigenvalue weighted by atomic mass is 16.6.